The molecule has 1 fully saturated rings. The van der Waals surface area contributed by atoms with E-state index in [2.05, 4.69) is 41.8 Å². The van der Waals surface area contributed by atoms with Gasteiger partial charge in [-0.3, -0.25) is 0 Å². The van der Waals surface area contributed by atoms with Crippen molar-refractivity contribution in [3.8, 4) is 0 Å². The minimum Gasteiger partial charge on any atom is -0.357 e. The molecule has 3 rings (SSSR count). The van der Waals surface area contributed by atoms with Crippen LogP contribution in [0, 0.1) is 12.7 Å². The van der Waals surface area contributed by atoms with Crippen LogP contribution in [0.5, 0.6) is 0 Å². The Kier molecular flexibility index (Phi) is 5.69. The molecule has 2 aromatic carbocycles. The number of benzene rings is 2. The fraction of sp³-hybridized carbons (Fsp3) is 0.381. The van der Waals surface area contributed by atoms with Crippen molar-refractivity contribution in [1.82, 2.24) is 5.32 Å². The molecule has 0 heterocycles. The highest BCUT2D eigenvalue weighted by Gasteiger charge is 2.34. The predicted octanol–water partition coefficient (Wildman–Crippen LogP) is 5.37. The molecule has 2 N–H and O–H groups in total. The van der Waals surface area contributed by atoms with Crippen molar-refractivity contribution in [2.24, 2.45) is 0 Å². The van der Waals surface area contributed by atoms with Crippen LogP contribution in [0.2, 0.25) is 0 Å². The van der Waals surface area contributed by atoms with E-state index in [-0.39, 0.29) is 11.4 Å². The number of nitrogens with one attached hydrogen (secondary N) is 2. The molecule has 0 saturated heterocycles. The predicted molar refractivity (Wildman–Crippen MR) is 106 cm³/mol. The normalized spacial score (nSPS) is 15.8. The Morgan fingerprint density at radius 1 is 1.12 bits per heavy atom. The number of aryl methyl sites for hydroxylation is 2. The molecule has 0 radical (unpaired) electrons. The van der Waals surface area contributed by atoms with E-state index in [1.54, 1.807) is 12.1 Å². The van der Waals surface area contributed by atoms with E-state index in [0.717, 1.165) is 31.4 Å². The highest BCUT2D eigenvalue weighted by molar-refractivity contribution is 7.80. The van der Waals surface area contributed by atoms with E-state index < -0.39 is 0 Å². The maximum Gasteiger partial charge on any atom is 0.171 e. The van der Waals surface area contributed by atoms with Crippen LogP contribution in [0.25, 0.3) is 0 Å². The van der Waals surface area contributed by atoms with Crippen molar-refractivity contribution >= 4 is 23.0 Å². The zero-order valence-corrected chi connectivity index (χ0v) is 15.5. The summed E-state index contributed by atoms with van der Waals surface area (Å²) in [6, 6.07) is 15.0. The number of hydrogen-bond donors (Lipinski definition) is 2. The maximum absolute atomic E-state index is 13.0. The third kappa shape index (κ3) is 5.02. The highest BCUT2D eigenvalue weighted by atomic mass is 32.1. The van der Waals surface area contributed by atoms with E-state index in [0.29, 0.717) is 5.11 Å². The summed E-state index contributed by atoms with van der Waals surface area (Å²) in [6.45, 7) is 2.13. The molecule has 0 spiro atoms. The molecule has 0 aromatic heterocycles. The lowest BCUT2D eigenvalue weighted by molar-refractivity contribution is 0.362. The molecule has 0 bridgehead atoms. The van der Waals surface area contributed by atoms with E-state index in [4.69, 9.17) is 12.2 Å². The van der Waals surface area contributed by atoms with Crippen LogP contribution in [0.4, 0.5) is 10.1 Å². The summed E-state index contributed by atoms with van der Waals surface area (Å²) in [7, 11) is 0. The van der Waals surface area contributed by atoms with Gasteiger partial charge in [0, 0.05) is 11.2 Å². The molecule has 0 atom stereocenters. The fourth-order valence-electron chi connectivity index (χ4n) is 3.68. The van der Waals surface area contributed by atoms with Crippen LogP contribution in [-0.4, -0.2) is 10.7 Å². The first kappa shape index (κ1) is 17.9. The third-order valence-corrected chi connectivity index (χ3v) is 5.22. The van der Waals surface area contributed by atoms with Gasteiger partial charge in [0.1, 0.15) is 5.82 Å². The van der Waals surface area contributed by atoms with Crippen molar-refractivity contribution in [2.45, 2.75) is 51.0 Å². The summed E-state index contributed by atoms with van der Waals surface area (Å²) in [4.78, 5) is 0. The molecular formula is C21H25FN2S. The van der Waals surface area contributed by atoms with Crippen molar-refractivity contribution < 1.29 is 4.39 Å². The van der Waals surface area contributed by atoms with Gasteiger partial charge in [-0.2, -0.15) is 0 Å². The number of hydrogen-bond acceptors (Lipinski definition) is 1. The van der Waals surface area contributed by atoms with E-state index in [9.17, 15) is 4.39 Å². The quantitative estimate of drug-likeness (QED) is 0.705. The first-order valence-electron chi connectivity index (χ1n) is 8.95. The molecule has 0 amide bonds. The van der Waals surface area contributed by atoms with Gasteiger partial charge in [-0.25, -0.2) is 4.39 Å². The number of anilines is 1. The molecule has 1 aliphatic carbocycles. The van der Waals surface area contributed by atoms with Crippen molar-refractivity contribution in [1.29, 1.82) is 0 Å². The number of halogens is 1. The van der Waals surface area contributed by atoms with Crippen molar-refractivity contribution in [2.75, 3.05) is 5.32 Å². The first-order valence-corrected chi connectivity index (χ1v) is 9.36. The van der Waals surface area contributed by atoms with Crippen LogP contribution >= 0.6 is 12.2 Å². The summed E-state index contributed by atoms with van der Waals surface area (Å²) in [5.41, 5.74) is 3.56. The summed E-state index contributed by atoms with van der Waals surface area (Å²) >= 11 is 5.51. The Bertz CT molecular complexity index is 721. The van der Waals surface area contributed by atoms with Gasteiger partial charge in [0.25, 0.3) is 0 Å². The average molecular weight is 357 g/mol. The van der Waals surface area contributed by atoms with Gasteiger partial charge in [-0.05, 0) is 74.7 Å². The topological polar surface area (TPSA) is 24.1 Å². The summed E-state index contributed by atoms with van der Waals surface area (Å²) in [5.74, 6) is -0.241. The standard InChI is InChI=1S/C21H25FN2S/c1-16-5-4-6-17(15-16)11-14-21(12-2-3-13-21)24-20(25)23-19-9-7-18(22)8-10-19/h4-10,15H,2-3,11-14H2,1H3,(H2,23,24,25). The number of thiocarbonyl (C=S) groups is 1. The summed E-state index contributed by atoms with van der Waals surface area (Å²) in [5, 5.41) is 7.37. The average Bonchev–Trinajstić information content (AvgIpc) is 3.04. The van der Waals surface area contributed by atoms with Gasteiger partial charge in [0.05, 0.1) is 0 Å². The Morgan fingerprint density at radius 3 is 2.52 bits per heavy atom. The van der Waals surface area contributed by atoms with Gasteiger partial charge >= 0.3 is 0 Å². The Hall–Kier alpha value is -1.94. The molecule has 0 unspecified atom stereocenters. The second kappa shape index (κ2) is 7.96. The lowest BCUT2D eigenvalue weighted by atomic mass is 9.89. The zero-order chi connectivity index (χ0) is 17.7. The zero-order valence-electron chi connectivity index (χ0n) is 14.6. The Balaban J connectivity index is 1.61. The summed E-state index contributed by atoms with van der Waals surface area (Å²) < 4.78 is 13.0. The van der Waals surface area contributed by atoms with E-state index >= 15 is 0 Å². The fourth-order valence-corrected chi connectivity index (χ4v) is 4.01. The smallest absolute Gasteiger partial charge is 0.171 e. The van der Waals surface area contributed by atoms with Gasteiger partial charge in [0.15, 0.2) is 5.11 Å². The Labute approximate surface area is 154 Å². The second-order valence-electron chi connectivity index (χ2n) is 7.06. The Morgan fingerprint density at radius 2 is 1.84 bits per heavy atom. The molecule has 1 saturated carbocycles. The van der Waals surface area contributed by atoms with Crippen molar-refractivity contribution in [3.63, 3.8) is 0 Å². The number of rotatable bonds is 5. The van der Waals surface area contributed by atoms with E-state index in [1.165, 1.54) is 36.1 Å². The van der Waals surface area contributed by atoms with Crippen LogP contribution in [0.3, 0.4) is 0 Å². The van der Waals surface area contributed by atoms with Gasteiger partial charge in [-0.1, -0.05) is 42.7 Å². The maximum atomic E-state index is 13.0. The molecule has 1 aliphatic rings. The van der Waals surface area contributed by atoms with Gasteiger partial charge in [0.2, 0.25) is 0 Å². The monoisotopic (exact) mass is 356 g/mol. The van der Waals surface area contributed by atoms with Crippen molar-refractivity contribution in [3.05, 3.63) is 65.5 Å². The van der Waals surface area contributed by atoms with Crippen LogP contribution in [-0.2, 0) is 6.42 Å². The molecule has 0 aliphatic heterocycles. The van der Waals surface area contributed by atoms with Crippen LogP contribution < -0.4 is 10.6 Å². The minimum absolute atomic E-state index is 0.0634. The largest absolute Gasteiger partial charge is 0.357 e. The lowest BCUT2D eigenvalue weighted by Crippen LogP contribution is -2.48. The summed E-state index contributed by atoms with van der Waals surface area (Å²) in [6.07, 6.45) is 6.88. The molecule has 4 heteroatoms. The molecule has 2 nitrogen and oxygen atoms in total. The van der Waals surface area contributed by atoms with Gasteiger partial charge < -0.3 is 10.6 Å². The molecule has 25 heavy (non-hydrogen) atoms. The minimum atomic E-state index is -0.241. The highest BCUT2D eigenvalue weighted by Crippen LogP contribution is 2.34. The van der Waals surface area contributed by atoms with Crippen LogP contribution in [0.1, 0.15) is 43.2 Å². The SMILES string of the molecule is Cc1cccc(CCC2(NC(=S)Nc3ccc(F)cc3)CCCC2)c1. The molecular weight excluding hydrogens is 331 g/mol. The molecule has 132 valence electrons. The van der Waals surface area contributed by atoms with E-state index in [1.807, 2.05) is 0 Å². The molecule has 2 aromatic rings. The van der Waals surface area contributed by atoms with Gasteiger partial charge in [-0.15, -0.1) is 0 Å². The third-order valence-electron chi connectivity index (χ3n) is 5.02. The second-order valence-corrected chi connectivity index (χ2v) is 7.47. The lowest BCUT2D eigenvalue weighted by Gasteiger charge is -2.32. The van der Waals surface area contributed by atoms with Crippen LogP contribution in [0.15, 0.2) is 48.5 Å². The first-order chi connectivity index (χ1) is 12.0.